The summed E-state index contributed by atoms with van der Waals surface area (Å²) in [4.78, 5) is 25.1. The normalized spacial score (nSPS) is 13.1. The second-order valence-corrected chi connectivity index (χ2v) is 4.65. The predicted octanol–water partition coefficient (Wildman–Crippen LogP) is 1.45. The van der Waals surface area contributed by atoms with Crippen LogP contribution in [0.2, 0.25) is 0 Å². The Labute approximate surface area is 115 Å². The van der Waals surface area contributed by atoms with Crippen molar-refractivity contribution >= 4 is 11.6 Å². The second kappa shape index (κ2) is 4.67. The summed E-state index contributed by atoms with van der Waals surface area (Å²) in [6.45, 7) is -0.648. The first-order valence-electron chi connectivity index (χ1n) is 6.24. The van der Waals surface area contributed by atoms with E-state index in [-0.39, 0.29) is 35.9 Å². The molecule has 0 atom stereocenters. The van der Waals surface area contributed by atoms with Gasteiger partial charge in [-0.3, -0.25) is 9.59 Å². The maximum atomic E-state index is 12.6. The highest BCUT2D eigenvalue weighted by atomic mass is 16.3. The number of ketones is 2. The highest BCUT2D eigenvalue weighted by Crippen LogP contribution is 2.31. The fraction of sp³-hybridized carbons (Fsp3) is 0.125. The third-order valence-electron chi connectivity index (χ3n) is 3.59. The smallest absolute Gasteiger partial charge is 0.194 e. The average Bonchev–Trinajstić information content (AvgIpc) is 2.51. The van der Waals surface area contributed by atoms with E-state index in [1.54, 1.807) is 36.4 Å². The van der Waals surface area contributed by atoms with Crippen LogP contribution in [0.5, 0.6) is 0 Å². The quantitative estimate of drug-likeness (QED) is 0.737. The highest BCUT2D eigenvalue weighted by molar-refractivity contribution is 6.29. The number of aliphatic hydroxyl groups excluding tert-OH is 2. The minimum absolute atomic E-state index is 0.211. The molecule has 0 aromatic heterocycles. The van der Waals surface area contributed by atoms with Crippen LogP contribution in [0.4, 0.5) is 0 Å². The van der Waals surface area contributed by atoms with E-state index >= 15 is 0 Å². The molecule has 0 saturated heterocycles. The van der Waals surface area contributed by atoms with E-state index in [2.05, 4.69) is 0 Å². The number of carbonyl (C=O) groups excluding carboxylic acids is 2. The van der Waals surface area contributed by atoms with Gasteiger partial charge in [0, 0.05) is 22.3 Å². The van der Waals surface area contributed by atoms with Crippen molar-refractivity contribution in [3.8, 4) is 0 Å². The third-order valence-corrected chi connectivity index (χ3v) is 3.59. The Hall–Kier alpha value is -2.30. The van der Waals surface area contributed by atoms with Crippen molar-refractivity contribution in [1.82, 2.24) is 0 Å². The summed E-state index contributed by atoms with van der Waals surface area (Å²) in [6, 6.07) is 9.75. The van der Waals surface area contributed by atoms with Gasteiger partial charge in [-0.2, -0.15) is 0 Å². The summed E-state index contributed by atoms with van der Waals surface area (Å²) in [7, 11) is 0. The molecule has 3 rings (SSSR count). The van der Waals surface area contributed by atoms with Gasteiger partial charge in [-0.15, -0.1) is 0 Å². The molecule has 0 spiro atoms. The molecule has 4 heteroatoms. The molecule has 0 bridgehead atoms. The predicted molar refractivity (Wildman–Crippen MR) is 71.6 cm³/mol. The van der Waals surface area contributed by atoms with Crippen LogP contribution in [0.15, 0.2) is 36.4 Å². The number of benzene rings is 2. The Balaban J connectivity index is 2.37. The summed E-state index contributed by atoms with van der Waals surface area (Å²) >= 11 is 0. The number of fused-ring (bicyclic) bond motifs is 2. The zero-order valence-electron chi connectivity index (χ0n) is 10.6. The number of rotatable bonds is 2. The molecule has 0 saturated carbocycles. The largest absolute Gasteiger partial charge is 0.392 e. The molecule has 2 aromatic rings. The van der Waals surface area contributed by atoms with E-state index in [4.69, 9.17) is 0 Å². The second-order valence-electron chi connectivity index (χ2n) is 4.65. The molecule has 100 valence electrons. The summed E-state index contributed by atoms with van der Waals surface area (Å²) in [5.41, 5.74) is 1.92. The Bertz CT molecular complexity index is 669. The van der Waals surface area contributed by atoms with Crippen molar-refractivity contribution < 1.29 is 19.8 Å². The number of hydrogen-bond donors (Lipinski definition) is 2. The molecule has 0 radical (unpaired) electrons. The van der Waals surface area contributed by atoms with Crippen molar-refractivity contribution in [2.75, 3.05) is 0 Å². The zero-order valence-corrected chi connectivity index (χ0v) is 10.6. The molecule has 0 amide bonds. The van der Waals surface area contributed by atoms with Crippen LogP contribution >= 0.6 is 0 Å². The Morgan fingerprint density at radius 2 is 1.10 bits per heavy atom. The van der Waals surface area contributed by atoms with Crippen molar-refractivity contribution in [3.05, 3.63) is 69.8 Å². The van der Waals surface area contributed by atoms with Crippen LogP contribution in [-0.2, 0) is 13.2 Å². The van der Waals surface area contributed by atoms with E-state index in [9.17, 15) is 19.8 Å². The van der Waals surface area contributed by atoms with Crippen LogP contribution in [0.3, 0.4) is 0 Å². The molecule has 0 unspecified atom stereocenters. The van der Waals surface area contributed by atoms with Crippen molar-refractivity contribution in [1.29, 1.82) is 0 Å². The molecular formula is C16H12O4. The SMILES string of the molecule is O=C1c2ccccc2C(=O)c2c(CO)ccc(CO)c21. The molecule has 20 heavy (non-hydrogen) atoms. The summed E-state index contributed by atoms with van der Waals surface area (Å²) < 4.78 is 0. The van der Waals surface area contributed by atoms with E-state index < -0.39 is 0 Å². The van der Waals surface area contributed by atoms with Crippen LogP contribution < -0.4 is 0 Å². The average molecular weight is 268 g/mol. The number of aliphatic hydroxyl groups is 2. The topological polar surface area (TPSA) is 74.6 Å². The van der Waals surface area contributed by atoms with Crippen LogP contribution in [-0.4, -0.2) is 21.8 Å². The molecular weight excluding hydrogens is 256 g/mol. The molecule has 1 aliphatic rings. The van der Waals surface area contributed by atoms with Crippen LogP contribution in [0.25, 0.3) is 0 Å². The minimum Gasteiger partial charge on any atom is -0.392 e. The van der Waals surface area contributed by atoms with Crippen molar-refractivity contribution in [3.63, 3.8) is 0 Å². The molecule has 1 aliphatic carbocycles. The van der Waals surface area contributed by atoms with Gasteiger partial charge in [0.2, 0.25) is 0 Å². The number of hydrogen-bond acceptors (Lipinski definition) is 4. The first-order chi connectivity index (χ1) is 9.69. The van der Waals surface area contributed by atoms with Gasteiger partial charge in [-0.1, -0.05) is 36.4 Å². The maximum Gasteiger partial charge on any atom is 0.194 e. The van der Waals surface area contributed by atoms with Crippen LogP contribution in [0.1, 0.15) is 43.0 Å². The monoisotopic (exact) mass is 268 g/mol. The van der Waals surface area contributed by atoms with Gasteiger partial charge in [-0.25, -0.2) is 0 Å². The Kier molecular flexibility index (Phi) is 2.97. The fourth-order valence-electron chi connectivity index (χ4n) is 2.62. The van der Waals surface area contributed by atoms with Gasteiger partial charge in [0.1, 0.15) is 0 Å². The highest BCUT2D eigenvalue weighted by Gasteiger charge is 2.32. The van der Waals surface area contributed by atoms with Gasteiger partial charge in [-0.05, 0) is 11.1 Å². The first kappa shape index (κ1) is 12.7. The molecule has 0 heterocycles. The van der Waals surface area contributed by atoms with E-state index in [1.807, 2.05) is 0 Å². The minimum atomic E-state index is -0.324. The van der Waals surface area contributed by atoms with Gasteiger partial charge in [0.15, 0.2) is 11.6 Å². The first-order valence-corrected chi connectivity index (χ1v) is 6.24. The molecule has 2 N–H and O–H groups in total. The van der Waals surface area contributed by atoms with Gasteiger partial charge < -0.3 is 10.2 Å². The lowest BCUT2D eigenvalue weighted by atomic mass is 9.80. The standard InChI is InChI=1S/C16H12O4/c17-7-9-5-6-10(8-18)14-13(9)15(19)11-3-1-2-4-12(11)16(14)20/h1-6,17-18H,7-8H2. The third kappa shape index (κ3) is 1.62. The van der Waals surface area contributed by atoms with E-state index in [0.29, 0.717) is 22.3 Å². The Morgan fingerprint density at radius 1 is 0.700 bits per heavy atom. The number of carbonyl (C=O) groups is 2. The summed E-state index contributed by atoms with van der Waals surface area (Å²) in [5, 5.41) is 18.8. The lowest BCUT2D eigenvalue weighted by Crippen LogP contribution is -2.24. The van der Waals surface area contributed by atoms with Gasteiger partial charge in [0.25, 0.3) is 0 Å². The lowest BCUT2D eigenvalue weighted by molar-refractivity contribution is 0.0974. The summed E-state index contributed by atoms with van der Waals surface area (Å²) in [5.74, 6) is -0.566. The van der Waals surface area contributed by atoms with E-state index in [0.717, 1.165) is 0 Å². The van der Waals surface area contributed by atoms with Crippen LogP contribution in [0, 0.1) is 0 Å². The van der Waals surface area contributed by atoms with Crippen molar-refractivity contribution in [2.45, 2.75) is 13.2 Å². The maximum absolute atomic E-state index is 12.6. The van der Waals surface area contributed by atoms with E-state index in [1.165, 1.54) is 0 Å². The van der Waals surface area contributed by atoms with Gasteiger partial charge in [0.05, 0.1) is 13.2 Å². The zero-order chi connectivity index (χ0) is 14.3. The van der Waals surface area contributed by atoms with Gasteiger partial charge >= 0.3 is 0 Å². The van der Waals surface area contributed by atoms with Crippen molar-refractivity contribution in [2.24, 2.45) is 0 Å². The molecule has 4 nitrogen and oxygen atoms in total. The molecule has 0 fully saturated rings. The lowest BCUT2D eigenvalue weighted by Gasteiger charge is -2.21. The summed E-state index contributed by atoms with van der Waals surface area (Å²) in [6.07, 6.45) is 0. The fourth-order valence-corrected chi connectivity index (χ4v) is 2.62. The molecule has 2 aromatic carbocycles. The Morgan fingerprint density at radius 3 is 1.45 bits per heavy atom. The molecule has 0 aliphatic heterocycles.